The molecule has 1 N–H and O–H groups in total. The zero-order valence-electron chi connectivity index (χ0n) is 24.7. The second-order valence-electron chi connectivity index (χ2n) is 12.7. The Labute approximate surface area is 244 Å². The zero-order chi connectivity index (χ0) is 28.2. The maximum atomic E-state index is 12.1. The number of hydrogen-bond acceptors (Lipinski definition) is 6. The average Bonchev–Trinajstić information content (AvgIpc) is 3.70. The number of aryl methyl sites for hydroxylation is 1. The first-order valence-corrected chi connectivity index (χ1v) is 16.1. The predicted octanol–water partition coefficient (Wildman–Crippen LogP) is 8.71. The Morgan fingerprint density at radius 1 is 0.951 bits per heavy atom. The van der Waals surface area contributed by atoms with Gasteiger partial charge in [0.25, 0.3) is 5.89 Å². The van der Waals surface area contributed by atoms with Crippen LogP contribution in [0.4, 0.5) is 5.69 Å². The third kappa shape index (κ3) is 6.37. The molecule has 2 aromatic carbocycles. The molecule has 3 saturated carbocycles. The lowest BCUT2D eigenvalue weighted by Gasteiger charge is -2.36. The summed E-state index contributed by atoms with van der Waals surface area (Å²) in [6, 6.07) is 15.2. The largest absolute Gasteiger partial charge is 0.466 e. The molecule has 0 saturated heterocycles. The van der Waals surface area contributed by atoms with E-state index in [4.69, 9.17) is 14.2 Å². The van der Waals surface area contributed by atoms with Crippen LogP contribution in [0.25, 0.3) is 22.8 Å². The highest BCUT2D eigenvalue weighted by molar-refractivity contribution is 5.73. The molecule has 0 bridgehead atoms. The van der Waals surface area contributed by atoms with Crippen molar-refractivity contribution in [2.24, 2.45) is 17.8 Å². The maximum absolute atomic E-state index is 12.1. The summed E-state index contributed by atoms with van der Waals surface area (Å²) in [5.41, 5.74) is 5.60. The van der Waals surface area contributed by atoms with Crippen LogP contribution in [0.3, 0.4) is 0 Å². The number of esters is 1. The number of nitrogens with one attached hydrogen (secondary N) is 1. The molecule has 218 valence electrons. The molecule has 0 spiro atoms. The quantitative estimate of drug-likeness (QED) is 0.280. The minimum absolute atomic E-state index is 0.000384. The highest BCUT2D eigenvalue weighted by atomic mass is 16.5. The first-order valence-electron chi connectivity index (χ1n) is 16.1. The van der Waals surface area contributed by atoms with Gasteiger partial charge in [0, 0.05) is 22.9 Å². The van der Waals surface area contributed by atoms with Gasteiger partial charge in [-0.2, -0.15) is 4.98 Å². The molecule has 3 aromatic rings. The lowest BCUT2D eigenvalue weighted by Crippen LogP contribution is -2.23. The summed E-state index contributed by atoms with van der Waals surface area (Å²) in [5, 5.41) is 8.03. The van der Waals surface area contributed by atoms with Crippen molar-refractivity contribution in [3.63, 3.8) is 0 Å². The van der Waals surface area contributed by atoms with Gasteiger partial charge in [-0.05, 0) is 112 Å². The third-order valence-electron chi connectivity index (χ3n) is 10.0. The van der Waals surface area contributed by atoms with Gasteiger partial charge in [0.05, 0.1) is 12.5 Å². The minimum atomic E-state index is -0.0644. The smallest absolute Gasteiger partial charge is 0.308 e. The Balaban J connectivity index is 1.11. The molecule has 0 unspecified atom stereocenters. The molecule has 1 aromatic heterocycles. The van der Waals surface area contributed by atoms with Gasteiger partial charge in [0.2, 0.25) is 5.82 Å². The van der Waals surface area contributed by atoms with E-state index in [1.54, 1.807) is 0 Å². The fourth-order valence-corrected chi connectivity index (χ4v) is 7.78. The van der Waals surface area contributed by atoms with E-state index in [1.165, 1.54) is 63.4 Å². The lowest BCUT2D eigenvalue weighted by atomic mass is 9.69. The Bertz CT molecular complexity index is 1320. The maximum Gasteiger partial charge on any atom is 0.308 e. The van der Waals surface area contributed by atoms with Crippen LogP contribution in [0.1, 0.15) is 101 Å². The van der Waals surface area contributed by atoms with Crippen molar-refractivity contribution in [1.29, 1.82) is 0 Å². The van der Waals surface area contributed by atoms with Crippen LogP contribution >= 0.6 is 0 Å². The number of ether oxygens (including phenoxy) is 1. The van der Waals surface area contributed by atoms with E-state index < -0.39 is 0 Å². The van der Waals surface area contributed by atoms with Gasteiger partial charge in [-0.3, -0.25) is 4.79 Å². The highest BCUT2D eigenvalue weighted by Gasteiger charge is 2.32. The number of carbonyl (C=O) groups excluding carboxylic acids is 1. The molecule has 41 heavy (non-hydrogen) atoms. The van der Waals surface area contributed by atoms with Crippen molar-refractivity contribution < 1.29 is 14.1 Å². The van der Waals surface area contributed by atoms with Crippen LogP contribution < -0.4 is 5.32 Å². The van der Waals surface area contributed by atoms with Gasteiger partial charge >= 0.3 is 5.97 Å². The monoisotopic (exact) mass is 555 g/mol. The van der Waals surface area contributed by atoms with Gasteiger partial charge in [-0.25, -0.2) is 0 Å². The highest BCUT2D eigenvalue weighted by Crippen LogP contribution is 2.45. The van der Waals surface area contributed by atoms with E-state index in [-0.39, 0.29) is 17.9 Å². The molecule has 3 aliphatic carbocycles. The van der Waals surface area contributed by atoms with E-state index in [9.17, 15) is 4.79 Å². The van der Waals surface area contributed by atoms with Crippen molar-refractivity contribution in [2.75, 3.05) is 11.9 Å². The Hall–Kier alpha value is -3.15. The van der Waals surface area contributed by atoms with E-state index in [0.29, 0.717) is 24.2 Å². The standard InChI is InChI=1S/C35H45N3O3/c1-3-40-35(39)28-17-19-29(22-28)36-32-20-18-27(21-23(32)2)33-37-34(41-38-33)31-12-8-7-11-30(31)26-15-13-25(14-16-26)24-9-5-4-6-10-24/h7-8,11-12,18,20-21,24-26,28-29,36H,3-6,9-10,13-17,19,22H2,1-2H3/t25?,26?,28-,29+/m1/s1. The zero-order valence-corrected chi connectivity index (χ0v) is 24.7. The number of benzene rings is 2. The molecule has 6 rings (SSSR count). The first kappa shape index (κ1) is 28.0. The molecular weight excluding hydrogens is 510 g/mol. The van der Waals surface area contributed by atoms with E-state index in [0.717, 1.165) is 53.5 Å². The van der Waals surface area contributed by atoms with Crippen LogP contribution in [0.2, 0.25) is 0 Å². The number of aromatic nitrogens is 2. The van der Waals surface area contributed by atoms with Crippen molar-refractivity contribution >= 4 is 11.7 Å². The summed E-state index contributed by atoms with van der Waals surface area (Å²) in [4.78, 5) is 17.0. The summed E-state index contributed by atoms with van der Waals surface area (Å²) < 4.78 is 11.1. The Morgan fingerprint density at radius 2 is 1.73 bits per heavy atom. The molecule has 6 heteroatoms. The summed E-state index contributed by atoms with van der Waals surface area (Å²) in [7, 11) is 0. The van der Waals surface area contributed by atoms with Crippen LogP contribution in [0, 0.1) is 24.7 Å². The summed E-state index contributed by atoms with van der Waals surface area (Å²) in [6.45, 7) is 4.41. The second-order valence-corrected chi connectivity index (χ2v) is 12.7. The van der Waals surface area contributed by atoms with E-state index in [2.05, 4.69) is 59.9 Å². The second kappa shape index (κ2) is 12.8. The van der Waals surface area contributed by atoms with Crippen LogP contribution in [0.15, 0.2) is 47.0 Å². The first-order chi connectivity index (χ1) is 20.1. The summed E-state index contributed by atoms with van der Waals surface area (Å²) in [5.74, 6) is 3.61. The topological polar surface area (TPSA) is 77.2 Å². The number of nitrogens with zero attached hydrogens (tertiary/aromatic N) is 2. The minimum Gasteiger partial charge on any atom is -0.466 e. The van der Waals surface area contributed by atoms with Gasteiger partial charge in [0.1, 0.15) is 0 Å². The fraction of sp³-hybridized carbons (Fsp3) is 0.571. The fourth-order valence-electron chi connectivity index (χ4n) is 7.78. The SMILES string of the molecule is CCOC(=O)[C@@H]1CC[C@H](Nc2ccc(-c3noc(-c4ccccc4C4CCC(C5CCCCC5)CC4)n3)cc2C)C1. The summed E-state index contributed by atoms with van der Waals surface area (Å²) >= 11 is 0. The van der Waals surface area contributed by atoms with E-state index >= 15 is 0 Å². The van der Waals surface area contributed by atoms with Crippen molar-refractivity contribution in [1.82, 2.24) is 10.1 Å². The Kier molecular flexibility index (Phi) is 8.73. The van der Waals surface area contributed by atoms with Gasteiger partial charge in [0.15, 0.2) is 0 Å². The molecule has 3 fully saturated rings. The molecule has 0 amide bonds. The molecule has 0 radical (unpaired) electrons. The molecule has 6 nitrogen and oxygen atoms in total. The molecule has 3 aliphatic rings. The molecule has 0 aliphatic heterocycles. The van der Waals surface area contributed by atoms with E-state index in [1.807, 2.05) is 6.92 Å². The van der Waals surface area contributed by atoms with Gasteiger partial charge in [-0.15, -0.1) is 0 Å². The van der Waals surface area contributed by atoms with Crippen LogP contribution in [0.5, 0.6) is 0 Å². The number of rotatable bonds is 8. The third-order valence-corrected chi connectivity index (χ3v) is 10.0. The summed E-state index contributed by atoms with van der Waals surface area (Å²) in [6.07, 6.45) is 15.1. The number of carbonyl (C=O) groups is 1. The van der Waals surface area contributed by atoms with Crippen molar-refractivity contribution in [2.45, 2.75) is 103 Å². The molecule has 1 heterocycles. The molecular formula is C35H45N3O3. The normalized spacial score (nSPS) is 25.2. The van der Waals surface area contributed by atoms with Crippen LogP contribution in [-0.4, -0.2) is 28.8 Å². The average molecular weight is 556 g/mol. The van der Waals surface area contributed by atoms with Gasteiger partial charge in [-0.1, -0.05) is 55.5 Å². The Morgan fingerprint density at radius 3 is 2.51 bits per heavy atom. The predicted molar refractivity (Wildman–Crippen MR) is 163 cm³/mol. The van der Waals surface area contributed by atoms with Gasteiger partial charge < -0.3 is 14.6 Å². The molecule has 2 atom stereocenters. The van der Waals surface area contributed by atoms with Crippen LogP contribution in [-0.2, 0) is 9.53 Å². The lowest BCUT2D eigenvalue weighted by molar-refractivity contribution is -0.147. The van der Waals surface area contributed by atoms with Crippen molar-refractivity contribution in [3.05, 3.63) is 53.6 Å². The number of hydrogen-bond donors (Lipinski definition) is 1. The van der Waals surface area contributed by atoms with Crippen molar-refractivity contribution in [3.8, 4) is 22.8 Å². The number of anilines is 1.